The standard InChI is InChI=1S/C23H28N6O7S2/c1-11-13(20(32)34-10-35-21(33)23(2,3)4)9-29-18(31)15(19(29)37-11)25-17(30)14(16-26-22(24)38-28-16)27-36-12-7-5-6-8-12/h5,7,9,11-12,15,19H,6,8,10H2,1-4H3,(H,25,30)(H2,24,26,28)/t11?,12?,15?,19-/m1/s1. The highest BCUT2D eigenvalue weighted by atomic mass is 32.2. The van der Waals surface area contributed by atoms with Gasteiger partial charge in [0.05, 0.1) is 11.0 Å². The molecule has 1 saturated heterocycles. The number of oxime groups is 1. The van der Waals surface area contributed by atoms with Gasteiger partial charge in [-0.2, -0.15) is 9.36 Å². The van der Waals surface area contributed by atoms with Gasteiger partial charge in [0.1, 0.15) is 17.5 Å². The number of nitrogens with one attached hydrogen (secondary N) is 1. The molecule has 1 aromatic heterocycles. The van der Waals surface area contributed by atoms with Gasteiger partial charge in [0.2, 0.25) is 18.3 Å². The number of rotatable bonds is 8. The molecule has 4 rings (SSSR count). The lowest BCUT2D eigenvalue weighted by atomic mass is 9.98. The number of anilines is 1. The minimum absolute atomic E-state index is 0.00245. The van der Waals surface area contributed by atoms with E-state index >= 15 is 0 Å². The first kappa shape index (κ1) is 27.6. The van der Waals surface area contributed by atoms with E-state index in [0.29, 0.717) is 0 Å². The van der Waals surface area contributed by atoms with Crippen molar-refractivity contribution >= 4 is 57.9 Å². The van der Waals surface area contributed by atoms with Crippen LogP contribution < -0.4 is 11.1 Å². The summed E-state index contributed by atoms with van der Waals surface area (Å²) in [6.45, 7) is 6.29. The van der Waals surface area contributed by atoms with Gasteiger partial charge in [-0.25, -0.2) is 4.79 Å². The van der Waals surface area contributed by atoms with E-state index in [9.17, 15) is 19.2 Å². The third-order valence-electron chi connectivity index (χ3n) is 5.77. The number of esters is 2. The van der Waals surface area contributed by atoms with Crippen LogP contribution in [0.5, 0.6) is 0 Å². The zero-order chi connectivity index (χ0) is 27.6. The van der Waals surface area contributed by atoms with Gasteiger partial charge in [0.15, 0.2) is 5.13 Å². The van der Waals surface area contributed by atoms with E-state index in [1.54, 1.807) is 27.7 Å². The molecule has 15 heteroatoms. The second kappa shape index (κ2) is 11.1. The average Bonchev–Trinajstić information content (AvgIpc) is 3.53. The van der Waals surface area contributed by atoms with Gasteiger partial charge in [-0.3, -0.25) is 14.4 Å². The van der Waals surface area contributed by atoms with Crippen molar-refractivity contribution in [1.82, 2.24) is 19.6 Å². The van der Waals surface area contributed by atoms with Crippen LogP contribution in [0.2, 0.25) is 0 Å². The van der Waals surface area contributed by atoms with E-state index in [4.69, 9.17) is 20.0 Å². The Labute approximate surface area is 227 Å². The van der Waals surface area contributed by atoms with Crippen LogP contribution in [0.4, 0.5) is 5.13 Å². The number of nitrogens with two attached hydrogens (primary N) is 1. The van der Waals surface area contributed by atoms with Crippen molar-refractivity contribution in [3.05, 3.63) is 29.7 Å². The first-order valence-corrected chi connectivity index (χ1v) is 13.5. The van der Waals surface area contributed by atoms with Gasteiger partial charge in [-0.05, 0) is 46.6 Å². The molecule has 1 aliphatic carbocycles. The summed E-state index contributed by atoms with van der Waals surface area (Å²) < 4.78 is 14.1. The number of carbonyl (C=O) groups excluding carboxylic acids is 4. The topological polar surface area (TPSA) is 175 Å². The molecule has 2 amide bonds. The van der Waals surface area contributed by atoms with E-state index < -0.39 is 47.4 Å². The van der Waals surface area contributed by atoms with Gasteiger partial charge in [0, 0.05) is 23.0 Å². The molecule has 1 aromatic rings. The minimum atomic E-state index is -0.871. The lowest BCUT2D eigenvalue weighted by molar-refractivity contribution is -0.171. The number of ether oxygens (including phenoxy) is 2. The molecule has 3 N–H and O–H groups in total. The van der Waals surface area contributed by atoms with Crippen LogP contribution in [0.15, 0.2) is 29.1 Å². The summed E-state index contributed by atoms with van der Waals surface area (Å²) >= 11 is 2.20. The van der Waals surface area contributed by atoms with E-state index in [2.05, 4.69) is 19.8 Å². The largest absolute Gasteiger partial charge is 0.427 e. The van der Waals surface area contributed by atoms with Crippen LogP contribution >= 0.6 is 23.3 Å². The Hall–Kier alpha value is -3.46. The number of hydrogen-bond donors (Lipinski definition) is 2. The summed E-state index contributed by atoms with van der Waals surface area (Å²) in [5, 5.41) is 5.99. The molecule has 3 aliphatic rings. The van der Waals surface area contributed by atoms with E-state index in [0.717, 1.165) is 24.4 Å². The van der Waals surface area contributed by atoms with Crippen molar-refractivity contribution in [2.75, 3.05) is 12.5 Å². The van der Waals surface area contributed by atoms with E-state index in [1.807, 2.05) is 12.2 Å². The summed E-state index contributed by atoms with van der Waals surface area (Å²) in [5.74, 6) is -2.32. The number of carbonyl (C=O) groups is 4. The average molecular weight is 565 g/mol. The second-order valence-electron chi connectivity index (χ2n) is 9.73. The molecule has 0 bridgehead atoms. The van der Waals surface area contributed by atoms with Crippen molar-refractivity contribution in [1.29, 1.82) is 0 Å². The Morgan fingerprint density at radius 2 is 2.05 bits per heavy atom. The molecule has 0 saturated carbocycles. The second-order valence-corrected chi connectivity index (χ2v) is 12.0. The number of nitrogens with zero attached hydrogens (tertiary/aromatic N) is 4. The van der Waals surface area contributed by atoms with Crippen molar-refractivity contribution < 1.29 is 33.5 Å². The van der Waals surface area contributed by atoms with E-state index in [-0.39, 0.29) is 33.6 Å². The molecule has 4 atom stereocenters. The number of aromatic nitrogens is 2. The van der Waals surface area contributed by atoms with Crippen LogP contribution in [-0.2, 0) is 33.5 Å². The van der Waals surface area contributed by atoms with Crippen LogP contribution in [-0.4, -0.2) is 73.3 Å². The van der Waals surface area contributed by atoms with E-state index in [1.165, 1.54) is 22.9 Å². The fraction of sp³-hybridized carbons (Fsp3) is 0.522. The third-order valence-corrected chi connectivity index (χ3v) is 7.75. The molecule has 0 aromatic carbocycles. The summed E-state index contributed by atoms with van der Waals surface area (Å²) in [6, 6.07) is -0.871. The first-order valence-electron chi connectivity index (χ1n) is 11.8. The maximum atomic E-state index is 13.1. The summed E-state index contributed by atoms with van der Waals surface area (Å²) in [5.41, 5.74) is 4.98. The van der Waals surface area contributed by atoms with Crippen LogP contribution in [0, 0.1) is 5.41 Å². The summed E-state index contributed by atoms with van der Waals surface area (Å²) in [7, 11) is 0. The molecule has 3 unspecified atom stereocenters. The number of hydrogen-bond acceptors (Lipinski definition) is 13. The number of nitrogen functional groups attached to an aromatic ring is 1. The van der Waals surface area contributed by atoms with Gasteiger partial charge in [0.25, 0.3) is 11.8 Å². The van der Waals surface area contributed by atoms with Crippen LogP contribution in [0.1, 0.15) is 46.4 Å². The number of fused-ring (bicyclic) bond motifs is 1. The first-order chi connectivity index (χ1) is 18.0. The monoisotopic (exact) mass is 564 g/mol. The zero-order valence-electron chi connectivity index (χ0n) is 21.2. The predicted molar refractivity (Wildman–Crippen MR) is 138 cm³/mol. The van der Waals surface area contributed by atoms with Gasteiger partial charge < -0.3 is 30.3 Å². The van der Waals surface area contributed by atoms with Crippen molar-refractivity contribution in [3.63, 3.8) is 0 Å². The van der Waals surface area contributed by atoms with Gasteiger partial charge in [-0.15, -0.1) is 11.8 Å². The molecule has 0 radical (unpaired) electrons. The molecular weight excluding hydrogens is 536 g/mol. The molecule has 2 aliphatic heterocycles. The van der Waals surface area contributed by atoms with Crippen molar-refractivity contribution in [3.8, 4) is 0 Å². The Bertz CT molecular complexity index is 1220. The molecule has 1 fully saturated rings. The molecule has 204 valence electrons. The molecule has 3 heterocycles. The number of thioether (sulfide) groups is 1. The highest BCUT2D eigenvalue weighted by molar-refractivity contribution is 8.00. The normalized spacial score (nSPS) is 24.7. The number of allylic oxidation sites excluding steroid dienone is 1. The third kappa shape index (κ3) is 5.99. The van der Waals surface area contributed by atoms with Crippen LogP contribution in [0.3, 0.4) is 0 Å². The fourth-order valence-electron chi connectivity index (χ4n) is 3.63. The SMILES string of the molecule is CC1S[C@@H]2C(NC(=O)C(=NOC3C=CCC3)c3nsc(N)n3)C(=O)N2C=C1C(=O)OCOC(=O)C(C)(C)C. The Balaban J connectivity index is 1.39. The predicted octanol–water partition coefficient (Wildman–Crippen LogP) is 1.32. The smallest absolute Gasteiger partial charge is 0.339 e. The fourth-order valence-corrected chi connectivity index (χ4v) is 5.42. The van der Waals surface area contributed by atoms with Gasteiger partial charge in [-0.1, -0.05) is 11.2 Å². The highest BCUT2D eigenvalue weighted by Gasteiger charge is 2.52. The maximum absolute atomic E-state index is 13.1. The summed E-state index contributed by atoms with van der Waals surface area (Å²) in [6.07, 6.45) is 6.51. The van der Waals surface area contributed by atoms with Crippen LogP contribution in [0.25, 0.3) is 0 Å². The quantitative estimate of drug-likeness (QED) is 0.116. The Morgan fingerprint density at radius 1 is 1.29 bits per heavy atom. The summed E-state index contributed by atoms with van der Waals surface area (Å²) in [4.78, 5) is 61.2. The van der Waals surface area contributed by atoms with Crippen molar-refractivity contribution in [2.45, 2.75) is 63.3 Å². The lowest BCUT2D eigenvalue weighted by Gasteiger charge is -2.48. The Morgan fingerprint density at radius 3 is 2.68 bits per heavy atom. The lowest BCUT2D eigenvalue weighted by Crippen LogP contribution is -2.69. The maximum Gasteiger partial charge on any atom is 0.339 e. The Kier molecular flexibility index (Phi) is 8.06. The molecule has 0 spiro atoms. The van der Waals surface area contributed by atoms with Crippen molar-refractivity contribution in [2.24, 2.45) is 10.6 Å². The number of β-lactam (4-membered cyclic amide) rings is 1. The zero-order valence-corrected chi connectivity index (χ0v) is 22.8. The minimum Gasteiger partial charge on any atom is -0.427 e. The van der Waals surface area contributed by atoms with Gasteiger partial charge >= 0.3 is 11.9 Å². The number of amides is 2. The highest BCUT2D eigenvalue weighted by Crippen LogP contribution is 2.40. The molecule has 38 heavy (non-hydrogen) atoms. The molecule has 13 nitrogen and oxygen atoms in total. The molecular formula is C23H28N6O7S2.